The van der Waals surface area contributed by atoms with Crippen LogP contribution in [0.15, 0.2) is 211 Å². The molecule has 10 aromatic carbocycles. The van der Waals surface area contributed by atoms with Crippen LogP contribution in [0.5, 0.6) is 0 Å². The van der Waals surface area contributed by atoms with Crippen molar-refractivity contribution in [3.63, 3.8) is 0 Å². The molecule has 0 unspecified atom stereocenters. The van der Waals surface area contributed by atoms with Gasteiger partial charge in [-0.15, -0.1) is 11.3 Å². The maximum atomic E-state index is 6.27. The lowest BCUT2D eigenvalue weighted by atomic mass is 10.0. The van der Waals surface area contributed by atoms with Crippen LogP contribution in [0.2, 0.25) is 0 Å². The Balaban J connectivity index is 0.968. The molecule has 0 aliphatic carbocycles. The Hall–Kier alpha value is -8.58. The highest BCUT2D eigenvalue weighted by Crippen LogP contribution is 2.45. The second-order valence-electron chi connectivity index (χ2n) is 17.3. The van der Waals surface area contributed by atoms with E-state index in [4.69, 9.17) is 14.4 Å². The van der Waals surface area contributed by atoms with Crippen molar-refractivity contribution in [3.05, 3.63) is 206 Å². The van der Waals surface area contributed by atoms with Crippen LogP contribution in [0.25, 0.3) is 141 Å². The molecule has 0 fully saturated rings. The molecule has 6 heteroatoms. The summed E-state index contributed by atoms with van der Waals surface area (Å²) in [6.45, 7) is 0. The number of para-hydroxylation sites is 3. The van der Waals surface area contributed by atoms with E-state index in [0.717, 1.165) is 71.6 Å². The smallest absolute Gasteiger partial charge is 0.235 e. The van der Waals surface area contributed by atoms with Gasteiger partial charge in [-0.05, 0) is 95.4 Å². The van der Waals surface area contributed by atoms with E-state index in [9.17, 15) is 0 Å². The Kier molecular flexibility index (Phi) is 7.31. The Morgan fingerprint density at radius 1 is 0.348 bits per heavy atom. The number of furan rings is 1. The predicted octanol–water partition coefficient (Wildman–Crippen LogP) is 16.6. The van der Waals surface area contributed by atoms with Crippen molar-refractivity contribution in [2.75, 3.05) is 0 Å². The monoisotopic (exact) mass is 858 g/mol. The minimum Gasteiger partial charge on any atom is -0.456 e. The van der Waals surface area contributed by atoms with Gasteiger partial charge in [0.15, 0.2) is 0 Å². The molecular formula is C60H34N4OS. The Morgan fingerprint density at radius 3 is 1.70 bits per heavy atom. The summed E-state index contributed by atoms with van der Waals surface area (Å²) >= 11 is 1.85. The zero-order valence-corrected chi connectivity index (χ0v) is 36.1. The molecule has 0 atom stereocenters. The highest BCUT2D eigenvalue weighted by molar-refractivity contribution is 7.26. The average Bonchev–Trinajstić information content (AvgIpc) is 4.12. The molecular weight excluding hydrogens is 825 g/mol. The lowest BCUT2D eigenvalue weighted by Gasteiger charge is -2.13. The first kappa shape index (κ1) is 35.8. The van der Waals surface area contributed by atoms with Gasteiger partial charge in [0.25, 0.3) is 0 Å². The fourth-order valence-electron chi connectivity index (χ4n) is 10.7. The highest BCUT2D eigenvalue weighted by atomic mass is 32.1. The first-order valence-corrected chi connectivity index (χ1v) is 23.1. The molecule has 66 heavy (non-hydrogen) atoms. The van der Waals surface area contributed by atoms with Gasteiger partial charge in [0.05, 0.1) is 33.3 Å². The Labute approximate surface area is 380 Å². The summed E-state index contributed by atoms with van der Waals surface area (Å²) in [4.78, 5) is 11.1. The van der Waals surface area contributed by atoms with Crippen molar-refractivity contribution in [3.8, 4) is 34.0 Å². The van der Waals surface area contributed by atoms with Crippen LogP contribution in [0.4, 0.5) is 0 Å². The summed E-state index contributed by atoms with van der Waals surface area (Å²) in [6, 6.07) is 74.2. The summed E-state index contributed by atoms with van der Waals surface area (Å²) < 4.78 is 13.4. The molecule has 0 saturated heterocycles. The lowest BCUT2D eigenvalue weighted by molar-refractivity contribution is 0.669. The van der Waals surface area contributed by atoms with Gasteiger partial charge >= 0.3 is 0 Å². The maximum Gasteiger partial charge on any atom is 0.235 e. The third-order valence-electron chi connectivity index (χ3n) is 13.7. The number of hydrogen-bond donors (Lipinski definition) is 0. The number of fused-ring (bicyclic) bond motifs is 15. The summed E-state index contributed by atoms with van der Waals surface area (Å²) in [7, 11) is 0. The summed E-state index contributed by atoms with van der Waals surface area (Å²) in [5.41, 5.74) is 12.7. The van der Waals surface area contributed by atoms with Crippen molar-refractivity contribution in [1.29, 1.82) is 0 Å². The molecule has 5 nitrogen and oxygen atoms in total. The molecule has 5 heterocycles. The van der Waals surface area contributed by atoms with Crippen LogP contribution in [-0.2, 0) is 0 Å². The summed E-state index contributed by atoms with van der Waals surface area (Å²) in [5.74, 6) is 0.641. The van der Waals surface area contributed by atoms with Crippen LogP contribution >= 0.6 is 11.3 Å². The van der Waals surface area contributed by atoms with Crippen molar-refractivity contribution in [2.45, 2.75) is 0 Å². The number of benzene rings is 10. The molecule has 0 amide bonds. The Bertz CT molecular complexity index is 4520. The van der Waals surface area contributed by atoms with Crippen LogP contribution in [0.3, 0.4) is 0 Å². The number of nitrogens with zero attached hydrogens (tertiary/aromatic N) is 4. The van der Waals surface area contributed by atoms with Crippen molar-refractivity contribution >= 4 is 119 Å². The second-order valence-corrected chi connectivity index (χ2v) is 18.4. The fraction of sp³-hybridized carbons (Fsp3) is 0. The van der Waals surface area contributed by atoms with E-state index >= 15 is 0 Å². The number of thiophene rings is 1. The van der Waals surface area contributed by atoms with Crippen LogP contribution in [0, 0.1) is 0 Å². The SMILES string of the molecule is c1ccc(-c2ccc(-n3c4ccccc4c4cc5c(cc43)sc3cc4c(cc35)c3ccccc3n4-c3nc(-c4ccc5oc6ccccc6c5c4)c4ccc5ccccc5c4n3)cc2)cc1. The molecule has 306 valence electrons. The van der Waals surface area contributed by atoms with E-state index < -0.39 is 0 Å². The van der Waals surface area contributed by atoms with Crippen molar-refractivity contribution < 1.29 is 4.42 Å². The van der Waals surface area contributed by atoms with Gasteiger partial charge in [-0.25, -0.2) is 9.97 Å². The van der Waals surface area contributed by atoms with E-state index in [1.807, 2.05) is 23.5 Å². The first-order valence-electron chi connectivity index (χ1n) is 22.3. The minimum atomic E-state index is 0.641. The molecule has 5 aromatic heterocycles. The highest BCUT2D eigenvalue weighted by Gasteiger charge is 2.22. The predicted molar refractivity (Wildman–Crippen MR) is 277 cm³/mol. The van der Waals surface area contributed by atoms with Crippen LogP contribution in [-0.4, -0.2) is 19.1 Å². The minimum absolute atomic E-state index is 0.641. The zero-order chi connectivity index (χ0) is 43.0. The number of aromatic nitrogens is 4. The van der Waals surface area contributed by atoms with E-state index in [2.05, 4.69) is 203 Å². The number of rotatable bonds is 4. The lowest BCUT2D eigenvalue weighted by Crippen LogP contribution is -2.03. The van der Waals surface area contributed by atoms with E-state index in [1.165, 1.54) is 63.9 Å². The van der Waals surface area contributed by atoms with Crippen molar-refractivity contribution in [1.82, 2.24) is 19.1 Å². The maximum absolute atomic E-state index is 6.27. The first-order chi connectivity index (χ1) is 32.7. The average molecular weight is 859 g/mol. The molecule has 0 spiro atoms. The number of hydrogen-bond acceptors (Lipinski definition) is 4. The van der Waals surface area contributed by atoms with Gasteiger partial charge in [0.1, 0.15) is 11.2 Å². The van der Waals surface area contributed by atoms with Crippen LogP contribution in [0.1, 0.15) is 0 Å². The van der Waals surface area contributed by atoms with E-state index in [1.54, 1.807) is 0 Å². The molecule has 0 bridgehead atoms. The second kappa shape index (κ2) is 13.5. The molecule has 0 aliphatic rings. The quantitative estimate of drug-likeness (QED) is 0.166. The molecule has 0 saturated carbocycles. The van der Waals surface area contributed by atoms with Gasteiger partial charge in [0, 0.05) is 74.5 Å². The zero-order valence-electron chi connectivity index (χ0n) is 35.2. The van der Waals surface area contributed by atoms with Gasteiger partial charge in [-0.3, -0.25) is 4.57 Å². The van der Waals surface area contributed by atoms with E-state index in [-0.39, 0.29) is 0 Å². The van der Waals surface area contributed by atoms with E-state index in [0.29, 0.717) is 5.95 Å². The van der Waals surface area contributed by atoms with Gasteiger partial charge in [0.2, 0.25) is 5.95 Å². The molecule has 15 aromatic rings. The van der Waals surface area contributed by atoms with Gasteiger partial charge < -0.3 is 8.98 Å². The standard InChI is InChI=1S/C60H34N4OS/c1-2-12-35(13-3-1)36-22-26-39(27-23-36)63-50-19-9-6-16-41(50)45-31-48-49-32-46-42-17-7-10-20-51(42)64(53(46)34-57(49)66-56(48)33-52(45)63)60-61-58(44-28-24-37-14-4-5-15-40(37)59(44)62-60)38-25-29-55-47(30-38)43-18-8-11-21-54(43)65-55/h1-34H. The van der Waals surface area contributed by atoms with Crippen molar-refractivity contribution in [2.24, 2.45) is 0 Å². The Morgan fingerprint density at radius 2 is 0.939 bits per heavy atom. The molecule has 0 radical (unpaired) electrons. The third-order valence-corrected chi connectivity index (χ3v) is 14.8. The van der Waals surface area contributed by atoms with Gasteiger partial charge in [-0.1, -0.05) is 127 Å². The summed E-state index contributed by atoms with van der Waals surface area (Å²) in [6.07, 6.45) is 0. The van der Waals surface area contributed by atoms with Gasteiger partial charge in [-0.2, -0.15) is 0 Å². The molecule has 15 rings (SSSR count). The largest absolute Gasteiger partial charge is 0.456 e. The third kappa shape index (κ3) is 5.10. The normalized spacial score (nSPS) is 12.2. The fourth-order valence-corrected chi connectivity index (χ4v) is 11.8. The topological polar surface area (TPSA) is 48.8 Å². The summed E-state index contributed by atoms with van der Waals surface area (Å²) in [5, 5.41) is 12.8. The van der Waals surface area contributed by atoms with Crippen LogP contribution < -0.4 is 0 Å². The molecule has 0 N–H and O–H groups in total. The molecule has 0 aliphatic heterocycles.